The maximum atomic E-state index is 5.48. The summed E-state index contributed by atoms with van der Waals surface area (Å²) in [5.41, 5.74) is 5.10. The molecule has 0 heterocycles. The highest BCUT2D eigenvalue weighted by Crippen LogP contribution is 2.24. The fraction of sp³-hybridized carbons (Fsp3) is 0.381. The Morgan fingerprint density at radius 3 is 2.25 bits per heavy atom. The summed E-state index contributed by atoms with van der Waals surface area (Å²) in [4.78, 5) is 0. The lowest BCUT2D eigenvalue weighted by atomic mass is 9.86. The van der Waals surface area contributed by atoms with Crippen molar-refractivity contribution in [2.45, 2.75) is 52.5 Å². The van der Waals surface area contributed by atoms with Crippen molar-refractivity contribution in [3.8, 4) is 0 Å². The first kappa shape index (κ1) is 18.5. The van der Waals surface area contributed by atoms with Crippen LogP contribution in [0.3, 0.4) is 0 Å². The second-order valence-corrected chi connectivity index (χ2v) is 7.61. The average molecular weight is 341 g/mol. The van der Waals surface area contributed by atoms with Crippen LogP contribution in [0.25, 0.3) is 0 Å². The van der Waals surface area contributed by atoms with E-state index in [1.54, 1.807) is 0 Å². The molecule has 24 heavy (non-hydrogen) atoms. The summed E-state index contributed by atoms with van der Waals surface area (Å²) in [5, 5.41) is 7.35. The van der Waals surface area contributed by atoms with Gasteiger partial charge in [-0.25, -0.2) is 0 Å². The van der Waals surface area contributed by atoms with Gasteiger partial charge in [0.05, 0.1) is 6.04 Å². The minimum atomic E-state index is 0.160. The van der Waals surface area contributed by atoms with Crippen molar-refractivity contribution >= 4 is 23.0 Å². The highest BCUT2D eigenvalue weighted by Gasteiger charge is 2.14. The van der Waals surface area contributed by atoms with E-state index in [1.165, 1.54) is 16.7 Å². The molecule has 3 heteroatoms. The second-order valence-electron chi connectivity index (χ2n) is 7.20. The molecule has 0 aliphatic rings. The number of para-hydroxylation sites is 1. The van der Waals surface area contributed by atoms with Crippen molar-refractivity contribution in [2.75, 3.05) is 5.32 Å². The van der Waals surface area contributed by atoms with Crippen molar-refractivity contribution in [3.05, 3.63) is 65.2 Å². The van der Waals surface area contributed by atoms with E-state index in [-0.39, 0.29) is 11.5 Å². The summed E-state index contributed by atoms with van der Waals surface area (Å²) in [5.74, 6) is 0. The van der Waals surface area contributed by atoms with Crippen LogP contribution in [-0.2, 0) is 11.8 Å². The first-order valence-electron chi connectivity index (χ1n) is 8.57. The van der Waals surface area contributed by atoms with Crippen LogP contribution in [0.15, 0.2) is 48.5 Å². The van der Waals surface area contributed by atoms with Crippen molar-refractivity contribution in [1.82, 2.24) is 5.32 Å². The molecule has 2 rings (SSSR count). The number of hydrogen-bond donors (Lipinski definition) is 2. The molecule has 0 spiro atoms. The zero-order chi connectivity index (χ0) is 17.7. The fourth-order valence-corrected chi connectivity index (χ4v) is 2.95. The van der Waals surface area contributed by atoms with Gasteiger partial charge in [0, 0.05) is 5.69 Å². The van der Waals surface area contributed by atoms with Crippen molar-refractivity contribution in [1.29, 1.82) is 0 Å². The topological polar surface area (TPSA) is 24.1 Å². The molecule has 0 aromatic heterocycles. The smallest absolute Gasteiger partial charge is 0.171 e. The lowest BCUT2D eigenvalue weighted by Gasteiger charge is -2.22. The first-order valence-corrected chi connectivity index (χ1v) is 8.98. The Morgan fingerprint density at radius 1 is 1.04 bits per heavy atom. The molecule has 0 radical (unpaired) electrons. The van der Waals surface area contributed by atoms with Gasteiger partial charge in [-0.1, -0.05) is 70.2 Å². The van der Waals surface area contributed by atoms with E-state index in [0.717, 1.165) is 12.1 Å². The third-order valence-corrected chi connectivity index (χ3v) is 4.49. The lowest BCUT2D eigenvalue weighted by Crippen LogP contribution is -2.31. The summed E-state index contributed by atoms with van der Waals surface area (Å²) in [6.45, 7) is 11.0. The molecule has 2 nitrogen and oxygen atoms in total. The zero-order valence-corrected chi connectivity index (χ0v) is 16.1. The quantitative estimate of drug-likeness (QED) is 0.709. The van der Waals surface area contributed by atoms with Crippen molar-refractivity contribution in [2.24, 2.45) is 0 Å². The normalized spacial score (nSPS) is 12.5. The van der Waals surface area contributed by atoms with E-state index < -0.39 is 0 Å². The Morgan fingerprint density at radius 2 is 1.67 bits per heavy atom. The first-order chi connectivity index (χ1) is 11.3. The van der Waals surface area contributed by atoms with E-state index in [9.17, 15) is 0 Å². The molecular weight excluding hydrogens is 312 g/mol. The third kappa shape index (κ3) is 4.81. The van der Waals surface area contributed by atoms with Crippen LogP contribution >= 0.6 is 12.2 Å². The molecule has 2 N–H and O–H groups in total. The number of hydrogen-bond acceptors (Lipinski definition) is 1. The van der Waals surface area contributed by atoms with Crippen LogP contribution in [0, 0.1) is 0 Å². The van der Waals surface area contributed by atoms with E-state index >= 15 is 0 Å². The summed E-state index contributed by atoms with van der Waals surface area (Å²) >= 11 is 5.48. The van der Waals surface area contributed by atoms with Gasteiger partial charge in [-0.2, -0.15) is 0 Å². The number of rotatable bonds is 4. The maximum absolute atomic E-state index is 5.48. The number of nitrogens with one attached hydrogen (secondary N) is 2. The van der Waals surface area contributed by atoms with Crippen LogP contribution in [0.2, 0.25) is 0 Å². The van der Waals surface area contributed by atoms with Gasteiger partial charge in [0.25, 0.3) is 0 Å². The molecule has 2 aromatic rings. The molecule has 0 amide bonds. The van der Waals surface area contributed by atoms with Gasteiger partial charge in [-0.15, -0.1) is 0 Å². The Bertz CT molecular complexity index is 684. The molecule has 0 aliphatic heterocycles. The molecule has 0 bridgehead atoms. The van der Waals surface area contributed by atoms with Crippen molar-refractivity contribution in [3.63, 3.8) is 0 Å². The molecule has 1 unspecified atom stereocenters. The largest absolute Gasteiger partial charge is 0.356 e. The fourth-order valence-electron chi connectivity index (χ4n) is 2.66. The monoisotopic (exact) mass is 340 g/mol. The van der Waals surface area contributed by atoms with Crippen molar-refractivity contribution < 1.29 is 0 Å². The molecular formula is C21H28N2S. The number of aryl methyl sites for hydroxylation is 1. The van der Waals surface area contributed by atoms with Crippen LogP contribution in [-0.4, -0.2) is 5.11 Å². The second kappa shape index (κ2) is 7.80. The predicted octanol–water partition coefficient (Wildman–Crippen LogP) is 5.59. The Labute approximate surface area is 151 Å². The number of thiocarbonyl (C=S) groups is 1. The van der Waals surface area contributed by atoms with Gasteiger partial charge in [-0.3, -0.25) is 0 Å². The highest BCUT2D eigenvalue weighted by atomic mass is 32.1. The van der Waals surface area contributed by atoms with Crippen LogP contribution in [0.5, 0.6) is 0 Å². The Balaban J connectivity index is 2.01. The molecule has 128 valence electrons. The Hall–Kier alpha value is -1.87. The SMILES string of the molecule is CCc1ccccc1NC(=S)NC(C)c1ccc(C(C)(C)C)cc1. The highest BCUT2D eigenvalue weighted by molar-refractivity contribution is 7.80. The van der Waals surface area contributed by atoms with Gasteiger partial charge < -0.3 is 10.6 Å². The minimum absolute atomic E-state index is 0.160. The molecule has 2 aromatic carbocycles. The van der Waals surface area contributed by atoms with Gasteiger partial charge in [0.15, 0.2) is 5.11 Å². The summed E-state index contributed by atoms with van der Waals surface area (Å²) in [6, 6.07) is 17.2. The number of anilines is 1. The van der Waals surface area contributed by atoms with Crippen LogP contribution in [0.1, 0.15) is 57.4 Å². The van der Waals surface area contributed by atoms with E-state index in [1.807, 2.05) is 6.07 Å². The zero-order valence-electron chi connectivity index (χ0n) is 15.3. The predicted molar refractivity (Wildman–Crippen MR) is 109 cm³/mol. The van der Waals surface area contributed by atoms with Gasteiger partial charge >= 0.3 is 0 Å². The van der Waals surface area contributed by atoms with E-state index in [0.29, 0.717) is 5.11 Å². The Kier molecular flexibility index (Phi) is 6.00. The summed E-state index contributed by atoms with van der Waals surface area (Å²) in [7, 11) is 0. The van der Waals surface area contributed by atoms with Gasteiger partial charge in [0.2, 0.25) is 0 Å². The van der Waals surface area contributed by atoms with E-state index in [2.05, 4.69) is 87.7 Å². The van der Waals surface area contributed by atoms with Gasteiger partial charge in [0.1, 0.15) is 0 Å². The maximum Gasteiger partial charge on any atom is 0.171 e. The van der Waals surface area contributed by atoms with Crippen LogP contribution < -0.4 is 10.6 Å². The standard InChI is InChI=1S/C21H28N2S/c1-6-16-9-7-8-10-19(16)23-20(24)22-15(2)17-11-13-18(14-12-17)21(3,4)5/h7-15H,6H2,1-5H3,(H2,22,23,24). The van der Waals surface area contributed by atoms with Crippen LogP contribution in [0.4, 0.5) is 5.69 Å². The number of benzene rings is 2. The van der Waals surface area contributed by atoms with E-state index in [4.69, 9.17) is 12.2 Å². The van der Waals surface area contributed by atoms with Gasteiger partial charge in [-0.05, 0) is 53.7 Å². The molecule has 0 saturated carbocycles. The molecule has 0 fully saturated rings. The molecule has 1 atom stereocenters. The average Bonchev–Trinajstić information content (AvgIpc) is 2.54. The minimum Gasteiger partial charge on any atom is -0.356 e. The third-order valence-electron chi connectivity index (χ3n) is 4.27. The molecule has 0 saturated heterocycles. The summed E-state index contributed by atoms with van der Waals surface area (Å²) in [6.07, 6.45) is 0.982. The molecule has 0 aliphatic carbocycles. The summed E-state index contributed by atoms with van der Waals surface area (Å²) < 4.78 is 0. The lowest BCUT2D eigenvalue weighted by molar-refractivity contribution is 0.589.